The lowest BCUT2D eigenvalue weighted by Crippen LogP contribution is -2.02. The first-order valence-electron chi connectivity index (χ1n) is 5.88. The van der Waals surface area contributed by atoms with Crippen LogP contribution in [0.5, 0.6) is 0 Å². The summed E-state index contributed by atoms with van der Waals surface area (Å²) in [4.78, 5) is 16.5. The Labute approximate surface area is 111 Å². The largest absolute Gasteiger partial charge is 0.328 e. The predicted octanol–water partition coefficient (Wildman–Crippen LogP) is 3.51. The summed E-state index contributed by atoms with van der Waals surface area (Å²) in [6.45, 7) is 4.22. The molecule has 0 unspecified atom stereocenters. The Bertz CT molecular complexity index is 546. The van der Waals surface area contributed by atoms with Crippen molar-refractivity contribution in [1.29, 1.82) is 0 Å². The van der Waals surface area contributed by atoms with Gasteiger partial charge in [-0.25, -0.2) is 4.98 Å². The van der Waals surface area contributed by atoms with Crippen LogP contribution in [0.1, 0.15) is 36.1 Å². The van der Waals surface area contributed by atoms with E-state index in [2.05, 4.69) is 18.8 Å². The molecule has 0 aliphatic heterocycles. The lowest BCUT2D eigenvalue weighted by molar-refractivity contribution is 0.111. The minimum atomic E-state index is 0.336. The third kappa shape index (κ3) is 2.48. The highest BCUT2D eigenvalue weighted by Gasteiger charge is 2.17. The quantitative estimate of drug-likeness (QED) is 0.789. The van der Waals surface area contributed by atoms with Gasteiger partial charge in [0.15, 0.2) is 12.1 Å². The van der Waals surface area contributed by atoms with Crippen molar-refractivity contribution in [3.63, 3.8) is 0 Å². The number of rotatable bonds is 4. The zero-order valence-electron chi connectivity index (χ0n) is 10.8. The van der Waals surface area contributed by atoms with Gasteiger partial charge in [-0.3, -0.25) is 4.79 Å². The van der Waals surface area contributed by atoms with Crippen molar-refractivity contribution in [3.8, 4) is 0 Å². The van der Waals surface area contributed by atoms with E-state index >= 15 is 0 Å². The summed E-state index contributed by atoms with van der Waals surface area (Å²) >= 11 is 1.60. The van der Waals surface area contributed by atoms with E-state index in [9.17, 15) is 4.79 Å². The van der Waals surface area contributed by atoms with E-state index in [0.717, 1.165) is 21.9 Å². The molecule has 0 bridgehead atoms. The molecule has 0 fully saturated rings. The summed E-state index contributed by atoms with van der Waals surface area (Å²) in [5.41, 5.74) is 1.10. The van der Waals surface area contributed by atoms with E-state index in [4.69, 9.17) is 0 Å². The van der Waals surface area contributed by atoms with Crippen molar-refractivity contribution in [3.05, 3.63) is 41.9 Å². The monoisotopic (exact) mass is 260 g/mol. The van der Waals surface area contributed by atoms with Gasteiger partial charge in [0.2, 0.25) is 0 Å². The van der Waals surface area contributed by atoms with Crippen LogP contribution in [0.2, 0.25) is 0 Å². The van der Waals surface area contributed by atoms with Gasteiger partial charge in [-0.1, -0.05) is 43.8 Å². The normalized spacial score (nSPS) is 10.9. The Morgan fingerprint density at radius 2 is 1.94 bits per heavy atom. The molecule has 3 nitrogen and oxygen atoms in total. The standard InChI is InChI=1S/C14H16N2OS/c1-10(2)13-14(15-12(9-17)16(13)3)18-11-7-5-4-6-8-11/h4-10H,1-3H3. The van der Waals surface area contributed by atoms with Crippen molar-refractivity contribution < 1.29 is 4.79 Å². The number of carbonyl (C=O) groups excluding carboxylic acids is 1. The maximum absolute atomic E-state index is 11.0. The second-order valence-electron chi connectivity index (χ2n) is 4.41. The molecular formula is C14H16N2OS. The van der Waals surface area contributed by atoms with Crippen LogP contribution in [-0.4, -0.2) is 15.8 Å². The summed E-state index contributed by atoms with van der Waals surface area (Å²) in [6.07, 6.45) is 0.806. The van der Waals surface area contributed by atoms with Gasteiger partial charge in [0.25, 0.3) is 0 Å². The minimum absolute atomic E-state index is 0.336. The van der Waals surface area contributed by atoms with Crippen LogP contribution in [0.15, 0.2) is 40.3 Å². The average Bonchev–Trinajstić information content (AvgIpc) is 2.66. The maximum atomic E-state index is 11.0. The number of aldehydes is 1. The van der Waals surface area contributed by atoms with Crippen molar-refractivity contribution in [2.45, 2.75) is 29.7 Å². The smallest absolute Gasteiger partial charge is 0.185 e. The van der Waals surface area contributed by atoms with Crippen LogP contribution in [-0.2, 0) is 7.05 Å². The molecule has 4 heteroatoms. The molecule has 1 aromatic carbocycles. The molecule has 1 heterocycles. The molecule has 0 saturated carbocycles. The summed E-state index contributed by atoms with van der Waals surface area (Å²) in [5.74, 6) is 0.819. The van der Waals surface area contributed by atoms with E-state index in [-0.39, 0.29) is 0 Å². The third-order valence-corrected chi connectivity index (χ3v) is 3.75. The highest BCUT2D eigenvalue weighted by molar-refractivity contribution is 7.99. The molecule has 2 rings (SSSR count). The van der Waals surface area contributed by atoms with Crippen molar-refractivity contribution in [2.75, 3.05) is 0 Å². The summed E-state index contributed by atoms with van der Waals surface area (Å²) in [7, 11) is 1.89. The number of imidazole rings is 1. The third-order valence-electron chi connectivity index (χ3n) is 2.75. The molecule has 1 aromatic heterocycles. The Hall–Kier alpha value is -1.55. The predicted molar refractivity (Wildman–Crippen MR) is 73.2 cm³/mol. The van der Waals surface area contributed by atoms with Gasteiger partial charge < -0.3 is 4.57 Å². The van der Waals surface area contributed by atoms with Crippen molar-refractivity contribution in [1.82, 2.24) is 9.55 Å². The first-order valence-corrected chi connectivity index (χ1v) is 6.69. The molecule has 0 amide bonds. The van der Waals surface area contributed by atoms with Gasteiger partial charge in [-0.05, 0) is 18.1 Å². The number of benzene rings is 1. The van der Waals surface area contributed by atoms with Gasteiger partial charge in [0.05, 0.1) is 5.69 Å². The number of hydrogen-bond donors (Lipinski definition) is 0. The van der Waals surface area contributed by atoms with Crippen LogP contribution >= 0.6 is 11.8 Å². The Morgan fingerprint density at radius 3 is 2.50 bits per heavy atom. The van der Waals surface area contributed by atoms with Crippen molar-refractivity contribution in [2.24, 2.45) is 7.05 Å². The molecule has 94 valence electrons. The molecule has 0 radical (unpaired) electrons. The van der Waals surface area contributed by atoms with E-state index < -0.39 is 0 Å². The second-order valence-corrected chi connectivity index (χ2v) is 5.47. The van der Waals surface area contributed by atoms with E-state index in [0.29, 0.717) is 11.7 Å². The van der Waals surface area contributed by atoms with Crippen LogP contribution in [0.4, 0.5) is 0 Å². The Morgan fingerprint density at radius 1 is 1.28 bits per heavy atom. The fourth-order valence-corrected chi connectivity index (χ4v) is 3.05. The van der Waals surface area contributed by atoms with Gasteiger partial charge in [-0.15, -0.1) is 0 Å². The summed E-state index contributed by atoms with van der Waals surface area (Å²) < 4.78 is 1.88. The van der Waals surface area contributed by atoms with Gasteiger partial charge in [-0.2, -0.15) is 0 Å². The van der Waals surface area contributed by atoms with E-state index in [1.807, 2.05) is 41.9 Å². The first kappa shape index (κ1) is 12.9. The van der Waals surface area contributed by atoms with Gasteiger partial charge in [0, 0.05) is 11.9 Å². The zero-order valence-corrected chi connectivity index (χ0v) is 11.6. The Kier molecular flexibility index (Phi) is 3.87. The average molecular weight is 260 g/mol. The summed E-state index contributed by atoms with van der Waals surface area (Å²) in [5, 5.41) is 0.917. The van der Waals surface area contributed by atoms with Crippen molar-refractivity contribution >= 4 is 18.0 Å². The van der Waals surface area contributed by atoms with Crippen LogP contribution < -0.4 is 0 Å². The molecular weight excluding hydrogens is 244 g/mol. The van der Waals surface area contributed by atoms with E-state index in [1.54, 1.807) is 11.8 Å². The van der Waals surface area contributed by atoms with Crippen LogP contribution in [0, 0.1) is 0 Å². The lowest BCUT2D eigenvalue weighted by Gasteiger charge is -2.09. The highest BCUT2D eigenvalue weighted by Crippen LogP contribution is 2.33. The number of nitrogens with zero attached hydrogens (tertiary/aromatic N) is 2. The molecule has 0 N–H and O–H groups in total. The zero-order chi connectivity index (χ0) is 13.1. The minimum Gasteiger partial charge on any atom is -0.328 e. The van der Waals surface area contributed by atoms with Crippen LogP contribution in [0.3, 0.4) is 0 Å². The molecule has 0 aliphatic carbocycles. The SMILES string of the molecule is CC(C)c1c(Sc2ccccc2)nc(C=O)n1C. The van der Waals surface area contributed by atoms with Gasteiger partial charge >= 0.3 is 0 Å². The number of carbonyl (C=O) groups is 1. The number of hydrogen-bond acceptors (Lipinski definition) is 3. The fourth-order valence-electron chi connectivity index (χ4n) is 1.92. The topological polar surface area (TPSA) is 34.9 Å². The maximum Gasteiger partial charge on any atom is 0.185 e. The number of aromatic nitrogens is 2. The first-order chi connectivity index (χ1) is 8.63. The van der Waals surface area contributed by atoms with Gasteiger partial charge in [0.1, 0.15) is 5.03 Å². The second kappa shape index (κ2) is 5.40. The molecule has 0 atom stereocenters. The highest BCUT2D eigenvalue weighted by atomic mass is 32.2. The molecule has 2 aromatic rings. The summed E-state index contributed by atoms with van der Waals surface area (Å²) in [6, 6.07) is 10.1. The van der Waals surface area contributed by atoms with Crippen LogP contribution in [0.25, 0.3) is 0 Å². The molecule has 0 spiro atoms. The lowest BCUT2D eigenvalue weighted by atomic mass is 10.1. The Balaban J connectivity index is 2.41. The molecule has 0 saturated heterocycles. The molecule has 0 aliphatic rings. The fraction of sp³-hybridized carbons (Fsp3) is 0.286. The molecule has 18 heavy (non-hydrogen) atoms. The van der Waals surface area contributed by atoms with E-state index in [1.165, 1.54) is 0 Å².